The van der Waals surface area contributed by atoms with Crippen molar-refractivity contribution in [3.8, 4) is 0 Å². The molecule has 0 aromatic heterocycles. The summed E-state index contributed by atoms with van der Waals surface area (Å²) >= 11 is 0. The van der Waals surface area contributed by atoms with E-state index in [-0.39, 0.29) is 6.61 Å². The molecule has 0 saturated carbocycles. The fraction of sp³-hybridized carbons (Fsp3) is 0.305. The number of nitrogens with zero attached hydrogens (tertiary/aromatic N) is 1. The lowest BCUT2D eigenvalue weighted by molar-refractivity contribution is -0.125. The van der Waals surface area contributed by atoms with Gasteiger partial charge in [0.15, 0.2) is 0 Å². The zero-order valence-electron chi connectivity index (χ0n) is 41.9. The number of anilines is 2. The van der Waals surface area contributed by atoms with E-state index in [4.69, 9.17) is 14.2 Å². The largest absolute Gasteiger partial charge is 0.465 e. The number of benzene rings is 6. The lowest BCUT2D eigenvalue weighted by Gasteiger charge is -2.50. The molecule has 0 aliphatic carbocycles. The molecule has 1 saturated heterocycles. The number of ether oxygens (including phenoxy) is 3. The third kappa shape index (κ3) is 13.5. The topological polar surface area (TPSA) is 185 Å². The molecular formula is C59H65N5O9. The van der Waals surface area contributed by atoms with E-state index in [1.165, 1.54) is 14.2 Å². The number of carbonyl (C=O) groups is 5. The summed E-state index contributed by atoms with van der Waals surface area (Å²) in [6.07, 6.45) is -1.40. The monoisotopic (exact) mass is 987 g/mol. The molecular weight excluding hydrogens is 923 g/mol. The van der Waals surface area contributed by atoms with Gasteiger partial charge in [-0.2, -0.15) is 0 Å². The molecule has 0 bridgehead atoms. The molecule has 73 heavy (non-hydrogen) atoms. The fourth-order valence-electron chi connectivity index (χ4n) is 10.1. The van der Waals surface area contributed by atoms with Crippen LogP contribution in [0.15, 0.2) is 170 Å². The molecule has 1 heterocycles. The van der Waals surface area contributed by atoms with E-state index in [9.17, 15) is 29.1 Å². The highest BCUT2D eigenvalue weighted by atomic mass is 16.5. The molecule has 1 aliphatic heterocycles. The Kier molecular flexibility index (Phi) is 18.0. The van der Waals surface area contributed by atoms with Crippen molar-refractivity contribution in [1.29, 1.82) is 0 Å². The molecule has 14 heteroatoms. The predicted molar refractivity (Wildman–Crippen MR) is 282 cm³/mol. The molecule has 380 valence electrons. The van der Waals surface area contributed by atoms with Crippen molar-refractivity contribution in [3.05, 3.63) is 203 Å². The summed E-state index contributed by atoms with van der Waals surface area (Å²) in [5.74, 6) is -2.02. The molecule has 1 unspecified atom stereocenters. The Morgan fingerprint density at radius 1 is 0.562 bits per heavy atom. The SMILES string of the molecule is COC(=O)N[C@H](C(=O)Nc1ccccc1CC[C@@H]1CO[C@H](CCc2ccccc2NC(=O)[C@@H](NC(=O)OC)C(c2ccccc2)c2ccccc2)C(C(C)(C)C)N1C(=O)O)C(c1ccccc1)c1ccccc1. The van der Waals surface area contributed by atoms with Crippen molar-refractivity contribution in [1.82, 2.24) is 15.5 Å². The number of aryl methyl sites for hydroxylation is 2. The molecule has 1 fully saturated rings. The van der Waals surface area contributed by atoms with Crippen LogP contribution in [0.4, 0.5) is 25.8 Å². The van der Waals surface area contributed by atoms with Gasteiger partial charge < -0.3 is 40.6 Å². The Balaban J connectivity index is 1.08. The van der Waals surface area contributed by atoms with Gasteiger partial charge in [-0.1, -0.05) is 178 Å². The number of para-hydroxylation sites is 2. The van der Waals surface area contributed by atoms with Gasteiger partial charge in [0.1, 0.15) is 12.1 Å². The highest BCUT2D eigenvalue weighted by molar-refractivity contribution is 5.99. The van der Waals surface area contributed by atoms with Crippen LogP contribution < -0.4 is 21.3 Å². The van der Waals surface area contributed by atoms with Gasteiger partial charge in [0.25, 0.3) is 0 Å². The molecule has 14 nitrogen and oxygen atoms in total. The fourth-order valence-corrected chi connectivity index (χ4v) is 10.1. The molecule has 0 radical (unpaired) electrons. The second-order valence-electron chi connectivity index (χ2n) is 19.2. The molecule has 6 aromatic rings. The summed E-state index contributed by atoms with van der Waals surface area (Å²) in [6.45, 7) is 6.16. The van der Waals surface area contributed by atoms with Crippen LogP contribution in [0.2, 0.25) is 0 Å². The average Bonchev–Trinajstić information content (AvgIpc) is 3.40. The highest BCUT2D eigenvalue weighted by Gasteiger charge is 2.46. The molecule has 1 aliphatic rings. The molecule has 5 amide bonds. The number of hydrogen-bond acceptors (Lipinski definition) is 8. The van der Waals surface area contributed by atoms with Crippen molar-refractivity contribution in [3.63, 3.8) is 0 Å². The maximum Gasteiger partial charge on any atom is 0.407 e. The third-order valence-electron chi connectivity index (χ3n) is 13.4. The number of amides is 5. The molecule has 7 rings (SSSR count). The van der Waals surface area contributed by atoms with E-state index < -0.39 is 77.6 Å². The molecule has 6 aromatic carbocycles. The Bertz CT molecular complexity index is 2690. The number of carboxylic acid groups (broad SMARTS) is 1. The number of nitrogens with one attached hydrogen (secondary N) is 4. The summed E-state index contributed by atoms with van der Waals surface area (Å²) in [4.78, 5) is 69.6. The first-order valence-corrected chi connectivity index (χ1v) is 24.6. The Morgan fingerprint density at radius 3 is 1.27 bits per heavy atom. The van der Waals surface area contributed by atoms with Crippen LogP contribution in [0.1, 0.15) is 78.8 Å². The minimum Gasteiger partial charge on any atom is -0.465 e. The summed E-state index contributed by atoms with van der Waals surface area (Å²) in [7, 11) is 2.51. The summed E-state index contributed by atoms with van der Waals surface area (Å²) in [5, 5.41) is 22.8. The third-order valence-corrected chi connectivity index (χ3v) is 13.4. The minimum atomic E-state index is -1.07. The maximum absolute atomic E-state index is 14.5. The van der Waals surface area contributed by atoms with Gasteiger partial charge in [-0.3, -0.25) is 14.5 Å². The van der Waals surface area contributed by atoms with E-state index in [1.54, 1.807) is 11.0 Å². The Hall–Kier alpha value is -7.97. The molecule has 0 spiro atoms. The van der Waals surface area contributed by atoms with Gasteiger partial charge in [-0.05, 0) is 76.6 Å². The van der Waals surface area contributed by atoms with Gasteiger partial charge >= 0.3 is 18.3 Å². The molecule has 5 atom stereocenters. The highest BCUT2D eigenvalue weighted by Crippen LogP contribution is 2.38. The lowest BCUT2D eigenvalue weighted by atomic mass is 9.78. The van der Waals surface area contributed by atoms with Crippen LogP contribution in [0.3, 0.4) is 0 Å². The second-order valence-corrected chi connectivity index (χ2v) is 19.2. The Morgan fingerprint density at radius 2 is 0.918 bits per heavy atom. The van der Waals surface area contributed by atoms with Crippen LogP contribution in [-0.4, -0.2) is 91.2 Å². The van der Waals surface area contributed by atoms with Gasteiger partial charge in [0.2, 0.25) is 11.8 Å². The summed E-state index contributed by atoms with van der Waals surface area (Å²) in [5.41, 5.74) is 5.42. The van der Waals surface area contributed by atoms with Crippen molar-refractivity contribution >= 4 is 41.5 Å². The first-order chi connectivity index (χ1) is 35.3. The van der Waals surface area contributed by atoms with Crippen molar-refractivity contribution < 1.29 is 43.3 Å². The minimum absolute atomic E-state index is 0.138. The van der Waals surface area contributed by atoms with E-state index in [2.05, 4.69) is 21.3 Å². The summed E-state index contributed by atoms with van der Waals surface area (Å²) < 4.78 is 16.7. The van der Waals surface area contributed by atoms with Crippen molar-refractivity contribution in [2.24, 2.45) is 5.41 Å². The number of hydrogen-bond donors (Lipinski definition) is 5. The maximum atomic E-state index is 14.5. The quantitative estimate of drug-likeness (QED) is 0.0559. The van der Waals surface area contributed by atoms with Crippen LogP contribution >= 0.6 is 0 Å². The second kappa shape index (κ2) is 24.9. The summed E-state index contributed by atoms with van der Waals surface area (Å²) in [6, 6.07) is 49.6. The standard InChI is InChI=1S/C59H65N5O9/c1-59(2,3)53-48(37-35-40-23-19-21-33-47(40)61-55(66)52(63-57(68)72-5)50(43-28-14-8-15-29-43)44-30-16-9-17-31-44)73-38-45(64(53)58(69)70)36-34-39-22-18-20-32-46(39)60-54(65)51(62-56(67)71-4)49(41-24-10-6-11-25-41)42-26-12-7-13-27-42/h6-33,45,48-53H,34-38H2,1-5H3,(H,60,65)(H,61,66)(H,62,67)(H,63,68)(H,69,70)/t45-,48-,51+,52+,53?/m1/s1. The Labute approximate surface area is 427 Å². The number of morpholine rings is 1. The molecule has 5 N–H and O–H groups in total. The van der Waals surface area contributed by atoms with Gasteiger partial charge in [0.05, 0.1) is 39.0 Å². The number of alkyl carbamates (subject to hydrolysis) is 2. The average molecular weight is 988 g/mol. The van der Waals surface area contributed by atoms with E-state index in [1.807, 2.05) is 185 Å². The van der Waals surface area contributed by atoms with E-state index in [0.29, 0.717) is 37.1 Å². The zero-order valence-corrected chi connectivity index (χ0v) is 41.9. The van der Waals surface area contributed by atoms with Crippen molar-refractivity contribution in [2.75, 3.05) is 31.5 Å². The lowest BCUT2D eigenvalue weighted by Crippen LogP contribution is -2.63. The van der Waals surface area contributed by atoms with Crippen LogP contribution in [0, 0.1) is 5.41 Å². The number of methoxy groups -OCH3 is 2. The van der Waals surface area contributed by atoms with Gasteiger partial charge in [0, 0.05) is 23.2 Å². The first-order valence-electron chi connectivity index (χ1n) is 24.6. The van der Waals surface area contributed by atoms with Gasteiger partial charge in [-0.25, -0.2) is 14.4 Å². The number of rotatable bonds is 18. The van der Waals surface area contributed by atoms with Crippen LogP contribution in [0.25, 0.3) is 0 Å². The smallest absolute Gasteiger partial charge is 0.407 e. The van der Waals surface area contributed by atoms with E-state index in [0.717, 1.165) is 33.4 Å². The van der Waals surface area contributed by atoms with Crippen LogP contribution in [0.5, 0.6) is 0 Å². The normalized spacial score (nSPS) is 16.4. The van der Waals surface area contributed by atoms with Crippen LogP contribution in [-0.2, 0) is 36.6 Å². The van der Waals surface area contributed by atoms with Crippen molar-refractivity contribution in [2.45, 2.75) is 88.6 Å². The predicted octanol–water partition coefficient (Wildman–Crippen LogP) is 10.4. The number of carbonyl (C=O) groups excluding carboxylic acids is 4. The first kappa shape index (κ1) is 52.8. The van der Waals surface area contributed by atoms with E-state index >= 15 is 0 Å². The van der Waals surface area contributed by atoms with Gasteiger partial charge in [-0.15, -0.1) is 0 Å². The zero-order chi connectivity index (χ0) is 51.9.